The Morgan fingerprint density at radius 3 is 2.56 bits per heavy atom. The van der Waals surface area contributed by atoms with Crippen LogP contribution in [-0.4, -0.2) is 51.8 Å². The Morgan fingerprint density at radius 1 is 1.18 bits per heavy atom. The molecule has 0 saturated carbocycles. The van der Waals surface area contributed by atoms with Gasteiger partial charge in [-0.1, -0.05) is 28.9 Å². The number of carbonyl (C=O) groups is 2. The molecule has 1 fully saturated rings. The highest BCUT2D eigenvalue weighted by molar-refractivity contribution is 6.30. The zero-order chi connectivity index (χ0) is 24.3. The van der Waals surface area contributed by atoms with E-state index in [1.807, 2.05) is 32.9 Å². The van der Waals surface area contributed by atoms with Crippen LogP contribution in [0, 0.1) is 0 Å². The van der Waals surface area contributed by atoms with Gasteiger partial charge in [-0.15, -0.1) is 0 Å². The van der Waals surface area contributed by atoms with Crippen LogP contribution in [0.3, 0.4) is 0 Å². The number of likely N-dealkylation sites (tertiary alicyclic amines) is 1. The Balaban J connectivity index is 1.27. The maximum atomic E-state index is 12.5. The van der Waals surface area contributed by atoms with E-state index in [0.717, 1.165) is 11.1 Å². The number of hydrogen-bond acceptors (Lipinski definition) is 7. The van der Waals surface area contributed by atoms with E-state index < -0.39 is 5.60 Å². The summed E-state index contributed by atoms with van der Waals surface area (Å²) in [5.74, 6) is 0.0940. The van der Waals surface area contributed by atoms with Crippen molar-refractivity contribution in [2.45, 2.75) is 39.0 Å². The number of ether oxygens (including phenoxy) is 2. The average Bonchev–Trinajstić information content (AvgIpc) is 3.22. The Kier molecular flexibility index (Phi) is 6.74. The van der Waals surface area contributed by atoms with Gasteiger partial charge in [0, 0.05) is 35.9 Å². The number of nitrogens with one attached hydrogen (secondary N) is 1. The Hall–Kier alpha value is -3.59. The van der Waals surface area contributed by atoms with Gasteiger partial charge >= 0.3 is 6.09 Å². The smallest absolute Gasteiger partial charge is 0.410 e. The van der Waals surface area contributed by atoms with E-state index in [2.05, 4.69) is 15.5 Å². The summed E-state index contributed by atoms with van der Waals surface area (Å²) in [4.78, 5) is 30.2. The van der Waals surface area contributed by atoms with E-state index in [-0.39, 0.29) is 24.6 Å². The molecule has 0 aliphatic carbocycles. The topological polar surface area (TPSA) is 107 Å². The van der Waals surface area contributed by atoms with Crippen molar-refractivity contribution >= 4 is 23.6 Å². The molecule has 1 saturated heterocycles. The first-order chi connectivity index (χ1) is 16.2. The Morgan fingerprint density at radius 2 is 1.91 bits per heavy atom. The molecule has 3 heterocycles. The third kappa shape index (κ3) is 5.85. The zero-order valence-electron chi connectivity index (χ0n) is 19.1. The summed E-state index contributed by atoms with van der Waals surface area (Å²) in [6.45, 7) is 6.45. The second-order valence-corrected chi connectivity index (χ2v) is 9.36. The summed E-state index contributed by atoms with van der Waals surface area (Å²) in [5, 5.41) is 7.56. The van der Waals surface area contributed by atoms with Crippen molar-refractivity contribution in [3.63, 3.8) is 0 Å². The fourth-order valence-corrected chi connectivity index (χ4v) is 3.40. The summed E-state index contributed by atoms with van der Waals surface area (Å²) in [7, 11) is 0. The molecule has 1 aliphatic rings. The van der Waals surface area contributed by atoms with Crippen LogP contribution in [0.2, 0.25) is 5.02 Å². The molecule has 2 aromatic heterocycles. The van der Waals surface area contributed by atoms with Crippen LogP contribution < -0.4 is 10.1 Å². The van der Waals surface area contributed by atoms with Gasteiger partial charge in [0.25, 0.3) is 5.91 Å². The number of nitrogens with zero attached hydrogens (tertiary/aromatic N) is 3. The molecule has 0 bridgehead atoms. The molecule has 0 atom stereocenters. The second-order valence-electron chi connectivity index (χ2n) is 8.92. The van der Waals surface area contributed by atoms with Crippen LogP contribution in [0.5, 0.6) is 5.88 Å². The van der Waals surface area contributed by atoms with Crippen molar-refractivity contribution in [3.05, 3.63) is 65.0 Å². The fraction of sp³-hybridized carbons (Fsp3) is 0.333. The molecule has 9 nitrogen and oxygen atoms in total. The van der Waals surface area contributed by atoms with E-state index in [1.165, 1.54) is 12.5 Å². The maximum Gasteiger partial charge on any atom is 0.410 e. The largest absolute Gasteiger partial charge is 0.473 e. The number of hydrogen-bond donors (Lipinski definition) is 1. The van der Waals surface area contributed by atoms with Gasteiger partial charge in [0.1, 0.15) is 24.2 Å². The summed E-state index contributed by atoms with van der Waals surface area (Å²) >= 11 is 5.94. The van der Waals surface area contributed by atoms with Gasteiger partial charge in [0.05, 0.1) is 17.2 Å². The lowest BCUT2D eigenvalue weighted by Crippen LogP contribution is -2.61. The van der Waals surface area contributed by atoms with Gasteiger partial charge in [-0.2, -0.15) is 0 Å². The zero-order valence-corrected chi connectivity index (χ0v) is 19.8. The van der Waals surface area contributed by atoms with Crippen molar-refractivity contribution < 1.29 is 23.6 Å². The summed E-state index contributed by atoms with van der Waals surface area (Å²) in [5.41, 5.74) is 2.12. The van der Waals surface area contributed by atoms with E-state index in [9.17, 15) is 9.59 Å². The first kappa shape index (κ1) is 23.6. The minimum absolute atomic E-state index is 0.129. The van der Waals surface area contributed by atoms with Crippen molar-refractivity contribution in [1.29, 1.82) is 0 Å². The summed E-state index contributed by atoms with van der Waals surface area (Å²) in [6, 6.07) is 10.4. The first-order valence-corrected chi connectivity index (χ1v) is 11.1. The van der Waals surface area contributed by atoms with Crippen molar-refractivity contribution in [2.24, 2.45) is 0 Å². The summed E-state index contributed by atoms with van der Waals surface area (Å²) < 4.78 is 16.2. The quantitative estimate of drug-likeness (QED) is 0.555. The lowest BCUT2D eigenvalue weighted by atomic mass is 10.1. The summed E-state index contributed by atoms with van der Waals surface area (Å²) in [6.07, 6.45) is 2.58. The van der Waals surface area contributed by atoms with E-state index in [4.69, 9.17) is 25.6 Å². The number of benzene rings is 1. The van der Waals surface area contributed by atoms with Crippen LogP contribution in [0.1, 0.15) is 36.7 Å². The molecule has 3 aromatic rings. The molecule has 0 radical (unpaired) electrons. The second kappa shape index (κ2) is 9.72. The predicted octanol–water partition coefficient (Wildman–Crippen LogP) is 4.32. The van der Waals surface area contributed by atoms with Crippen LogP contribution in [0.15, 0.2) is 53.4 Å². The number of halogens is 1. The molecule has 34 heavy (non-hydrogen) atoms. The van der Waals surface area contributed by atoms with E-state index in [0.29, 0.717) is 35.2 Å². The minimum Gasteiger partial charge on any atom is -0.473 e. The molecule has 1 aliphatic heterocycles. The van der Waals surface area contributed by atoms with Gasteiger partial charge in [-0.25, -0.2) is 9.78 Å². The monoisotopic (exact) mass is 484 g/mol. The molecule has 1 aromatic carbocycles. The Bertz CT molecular complexity index is 1150. The highest BCUT2D eigenvalue weighted by Gasteiger charge is 2.34. The molecule has 10 heteroatoms. The lowest BCUT2D eigenvalue weighted by Gasteiger charge is -2.39. The third-order valence-electron chi connectivity index (χ3n) is 5.00. The van der Waals surface area contributed by atoms with E-state index in [1.54, 1.807) is 29.2 Å². The lowest BCUT2D eigenvalue weighted by molar-refractivity contribution is 0.00532. The van der Waals surface area contributed by atoms with Crippen molar-refractivity contribution in [2.75, 3.05) is 13.1 Å². The standard InChI is InChI=1S/C24H25ClN4O5/c1-24(2,3)34-23(31)29-11-19(12-29)27-22(30)16-6-9-20(26-10-16)32-13-17-14-33-28-21(17)15-4-7-18(25)8-5-15/h4-10,14,19H,11-13H2,1-3H3,(H,27,30). The SMILES string of the molecule is CC(C)(C)OC(=O)N1CC(NC(=O)c2ccc(OCc3conc3-c3ccc(Cl)cc3)nc2)C1. The van der Waals surface area contributed by atoms with Gasteiger partial charge in [0.15, 0.2) is 0 Å². The molecule has 2 amide bonds. The molecular weight excluding hydrogens is 460 g/mol. The average molecular weight is 485 g/mol. The molecule has 4 rings (SSSR count). The maximum absolute atomic E-state index is 12.5. The molecular formula is C24H25ClN4O5. The van der Waals surface area contributed by atoms with Crippen molar-refractivity contribution in [1.82, 2.24) is 20.4 Å². The molecule has 0 spiro atoms. The van der Waals surface area contributed by atoms with Gasteiger partial charge in [0.2, 0.25) is 5.88 Å². The highest BCUT2D eigenvalue weighted by atomic mass is 35.5. The van der Waals surface area contributed by atoms with Gasteiger partial charge in [-0.05, 0) is 39.0 Å². The normalized spacial score (nSPS) is 13.8. The Labute approximate surface area is 202 Å². The third-order valence-corrected chi connectivity index (χ3v) is 5.26. The molecule has 1 N–H and O–H groups in total. The predicted molar refractivity (Wildman–Crippen MR) is 125 cm³/mol. The molecule has 178 valence electrons. The van der Waals surface area contributed by atoms with Crippen LogP contribution in [0.25, 0.3) is 11.3 Å². The van der Waals surface area contributed by atoms with Crippen molar-refractivity contribution in [3.8, 4) is 17.1 Å². The molecule has 0 unspecified atom stereocenters. The number of pyridine rings is 1. The number of amides is 2. The highest BCUT2D eigenvalue weighted by Crippen LogP contribution is 2.25. The number of aromatic nitrogens is 2. The van der Waals surface area contributed by atoms with Crippen LogP contribution in [-0.2, 0) is 11.3 Å². The van der Waals surface area contributed by atoms with Gasteiger partial charge < -0.3 is 24.2 Å². The van der Waals surface area contributed by atoms with Crippen LogP contribution >= 0.6 is 11.6 Å². The fourth-order valence-electron chi connectivity index (χ4n) is 3.27. The van der Waals surface area contributed by atoms with Gasteiger partial charge in [-0.3, -0.25) is 4.79 Å². The minimum atomic E-state index is -0.549. The van der Waals surface area contributed by atoms with Crippen LogP contribution in [0.4, 0.5) is 4.79 Å². The number of rotatable bonds is 6. The first-order valence-electron chi connectivity index (χ1n) is 10.7. The number of carbonyl (C=O) groups excluding carboxylic acids is 2. The van der Waals surface area contributed by atoms with E-state index >= 15 is 0 Å².